The van der Waals surface area contributed by atoms with E-state index in [1.165, 1.54) is 12.1 Å². The quantitative estimate of drug-likeness (QED) is 0.820. The van der Waals surface area contributed by atoms with Gasteiger partial charge in [-0.15, -0.1) is 0 Å². The number of aryl methyl sites for hydroxylation is 1. The Hall–Kier alpha value is -1.88. The fourth-order valence-corrected chi connectivity index (χ4v) is 2.54. The highest BCUT2D eigenvalue weighted by atomic mass is 79.9. The average molecular weight is 365 g/mol. The van der Waals surface area contributed by atoms with Gasteiger partial charge >= 0.3 is 0 Å². The minimum atomic E-state index is -0.248. The van der Waals surface area contributed by atoms with Crippen LogP contribution < -0.4 is 10.6 Å². The van der Waals surface area contributed by atoms with Crippen molar-refractivity contribution in [3.8, 4) is 0 Å². The zero-order valence-electron chi connectivity index (χ0n) is 12.3. The molecule has 22 heavy (non-hydrogen) atoms. The van der Waals surface area contributed by atoms with Gasteiger partial charge in [0.2, 0.25) is 5.91 Å². The topological polar surface area (TPSA) is 41.1 Å². The molecule has 0 saturated carbocycles. The summed E-state index contributed by atoms with van der Waals surface area (Å²) in [6.45, 7) is 2.75. The fourth-order valence-electron chi connectivity index (χ4n) is 2.06. The SMILES string of the molecule is Cc1cc(Br)ccc1NCC(=O)NCCc1ccc(F)cc1. The summed E-state index contributed by atoms with van der Waals surface area (Å²) in [5, 5.41) is 5.96. The van der Waals surface area contributed by atoms with Gasteiger partial charge in [-0.05, 0) is 54.8 Å². The lowest BCUT2D eigenvalue weighted by molar-refractivity contribution is -0.119. The molecule has 1 amide bonds. The molecule has 0 spiro atoms. The second-order valence-electron chi connectivity index (χ2n) is 5.04. The van der Waals surface area contributed by atoms with Crippen LogP contribution in [0.4, 0.5) is 10.1 Å². The van der Waals surface area contributed by atoms with E-state index in [0.717, 1.165) is 21.3 Å². The molecule has 0 aliphatic heterocycles. The molecule has 2 N–H and O–H groups in total. The van der Waals surface area contributed by atoms with Crippen molar-refractivity contribution in [1.29, 1.82) is 0 Å². The molecule has 0 heterocycles. The Labute approximate surface area is 138 Å². The summed E-state index contributed by atoms with van der Waals surface area (Å²) in [6, 6.07) is 12.2. The van der Waals surface area contributed by atoms with Gasteiger partial charge in [0.25, 0.3) is 0 Å². The molecular formula is C17H18BrFN2O. The van der Waals surface area contributed by atoms with E-state index in [9.17, 15) is 9.18 Å². The maximum absolute atomic E-state index is 12.8. The lowest BCUT2D eigenvalue weighted by Crippen LogP contribution is -2.31. The van der Waals surface area contributed by atoms with Crippen LogP contribution in [0.2, 0.25) is 0 Å². The molecule has 0 aliphatic carbocycles. The number of halogens is 2. The van der Waals surface area contributed by atoms with Crippen LogP contribution in [0, 0.1) is 12.7 Å². The number of amides is 1. The highest BCUT2D eigenvalue weighted by Crippen LogP contribution is 2.19. The van der Waals surface area contributed by atoms with E-state index in [0.29, 0.717) is 13.0 Å². The lowest BCUT2D eigenvalue weighted by atomic mass is 10.1. The normalized spacial score (nSPS) is 10.3. The lowest BCUT2D eigenvalue weighted by Gasteiger charge is -2.10. The van der Waals surface area contributed by atoms with E-state index in [1.54, 1.807) is 12.1 Å². The van der Waals surface area contributed by atoms with Crippen molar-refractivity contribution in [1.82, 2.24) is 5.32 Å². The summed E-state index contributed by atoms with van der Waals surface area (Å²) < 4.78 is 13.8. The summed E-state index contributed by atoms with van der Waals surface area (Å²) in [5.41, 5.74) is 3.02. The summed E-state index contributed by atoms with van der Waals surface area (Å²) in [6.07, 6.45) is 0.684. The summed E-state index contributed by atoms with van der Waals surface area (Å²) in [4.78, 5) is 11.8. The second kappa shape index (κ2) is 7.94. The Kier molecular flexibility index (Phi) is 5.95. The van der Waals surface area contributed by atoms with E-state index in [1.807, 2.05) is 25.1 Å². The molecule has 0 atom stereocenters. The van der Waals surface area contributed by atoms with Crippen LogP contribution in [0.25, 0.3) is 0 Å². The molecule has 2 aromatic carbocycles. The van der Waals surface area contributed by atoms with Crippen molar-refractivity contribution in [2.45, 2.75) is 13.3 Å². The van der Waals surface area contributed by atoms with Crippen molar-refractivity contribution in [2.24, 2.45) is 0 Å². The molecule has 0 saturated heterocycles. The average Bonchev–Trinajstić information content (AvgIpc) is 2.48. The zero-order chi connectivity index (χ0) is 15.9. The molecule has 2 aromatic rings. The first kappa shape index (κ1) is 16.5. The summed E-state index contributed by atoms with van der Waals surface area (Å²) in [5.74, 6) is -0.314. The zero-order valence-corrected chi connectivity index (χ0v) is 13.9. The van der Waals surface area contributed by atoms with E-state index in [2.05, 4.69) is 26.6 Å². The summed E-state index contributed by atoms with van der Waals surface area (Å²) in [7, 11) is 0. The Morgan fingerprint density at radius 2 is 1.91 bits per heavy atom. The molecule has 0 aliphatic rings. The highest BCUT2D eigenvalue weighted by molar-refractivity contribution is 9.10. The Morgan fingerprint density at radius 3 is 2.59 bits per heavy atom. The van der Waals surface area contributed by atoms with E-state index in [4.69, 9.17) is 0 Å². The van der Waals surface area contributed by atoms with Gasteiger partial charge in [0.05, 0.1) is 6.54 Å². The van der Waals surface area contributed by atoms with Gasteiger partial charge in [-0.3, -0.25) is 4.79 Å². The molecule has 0 radical (unpaired) electrons. The largest absolute Gasteiger partial charge is 0.376 e. The van der Waals surface area contributed by atoms with E-state index in [-0.39, 0.29) is 18.3 Å². The first-order chi connectivity index (χ1) is 10.5. The van der Waals surface area contributed by atoms with Gasteiger partial charge in [0.1, 0.15) is 5.82 Å². The number of carbonyl (C=O) groups excluding carboxylic acids is 1. The summed E-state index contributed by atoms with van der Waals surface area (Å²) >= 11 is 3.41. The van der Waals surface area contributed by atoms with Crippen molar-refractivity contribution in [3.05, 3.63) is 63.9 Å². The van der Waals surface area contributed by atoms with Crippen molar-refractivity contribution in [2.75, 3.05) is 18.4 Å². The van der Waals surface area contributed by atoms with Gasteiger partial charge in [-0.2, -0.15) is 0 Å². The van der Waals surface area contributed by atoms with Crippen molar-refractivity contribution in [3.63, 3.8) is 0 Å². The Bertz CT molecular complexity index is 644. The Morgan fingerprint density at radius 1 is 1.18 bits per heavy atom. The third-order valence-electron chi connectivity index (χ3n) is 3.28. The molecule has 0 fully saturated rings. The first-order valence-corrected chi connectivity index (χ1v) is 7.85. The number of rotatable bonds is 6. The van der Waals surface area contributed by atoms with Crippen LogP contribution in [0.15, 0.2) is 46.9 Å². The maximum atomic E-state index is 12.8. The molecule has 5 heteroatoms. The van der Waals surface area contributed by atoms with E-state index < -0.39 is 0 Å². The van der Waals surface area contributed by atoms with E-state index >= 15 is 0 Å². The smallest absolute Gasteiger partial charge is 0.239 e. The predicted octanol–water partition coefficient (Wildman–Crippen LogP) is 3.67. The molecular weight excluding hydrogens is 347 g/mol. The highest BCUT2D eigenvalue weighted by Gasteiger charge is 2.03. The van der Waals surface area contributed by atoms with Gasteiger partial charge in [-0.1, -0.05) is 28.1 Å². The van der Waals surface area contributed by atoms with Crippen LogP contribution in [0.5, 0.6) is 0 Å². The third kappa shape index (κ3) is 5.15. The molecule has 116 valence electrons. The van der Waals surface area contributed by atoms with Gasteiger partial charge in [0.15, 0.2) is 0 Å². The fraction of sp³-hybridized carbons (Fsp3) is 0.235. The maximum Gasteiger partial charge on any atom is 0.239 e. The predicted molar refractivity (Wildman–Crippen MR) is 90.5 cm³/mol. The molecule has 2 rings (SSSR count). The molecule has 0 unspecified atom stereocenters. The van der Waals surface area contributed by atoms with Crippen LogP contribution in [-0.4, -0.2) is 19.0 Å². The minimum Gasteiger partial charge on any atom is -0.376 e. The molecule has 0 bridgehead atoms. The number of hydrogen-bond donors (Lipinski definition) is 2. The molecule has 0 aromatic heterocycles. The van der Waals surface area contributed by atoms with Crippen molar-refractivity contribution < 1.29 is 9.18 Å². The molecule has 3 nitrogen and oxygen atoms in total. The standard InChI is InChI=1S/C17H18BrFN2O/c1-12-10-14(18)4-7-16(12)21-11-17(22)20-9-8-13-2-5-15(19)6-3-13/h2-7,10,21H,8-9,11H2,1H3,(H,20,22). The first-order valence-electron chi connectivity index (χ1n) is 7.06. The number of carbonyl (C=O) groups is 1. The van der Waals surface area contributed by atoms with Crippen LogP contribution in [-0.2, 0) is 11.2 Å². The van der Waals surface area contributed by atoms with Gasteiger partial charge < -0.3 is 10.6 Å². The van der Waals surface area contributed by atoms with Crippen molar-refractivity contribution >= 4 is 27.5 Å². The monoisotopic (exact) mass is 364 g/mol. The number of hydrogen-bond acceptors (Lipinski definition) is 2. The van der Waals surface area contributed by atoms with Crippen LogP contribution in [0.1, 0.15) is 11.1 Å². The van der Waals surface area contributed by atoms with Crippen LogP contribution >= 0.6 is 15.9 Å². The van der Waals surface area contributed by atoms with Gasteiger partial charge in [0, 0.05) is 16.7 Å². The number of benzene rings is 2. The second-order valence-corrected chi connectivity index (χ2v) is 5.95. The Balaban J connectivity index is 1.72. The van der Waals surface area contributed by atoms with Gasteiger partial charge in [-0.25, -0.2) is 4.39 Å². The number of anilines is 1. The minimum absolute atomic E-state index is 0.0653. The number of nitrogens with one attached hydrogen (secondary N) is 2. The van der Waals surface area contributed by atoms with Crippen LogP contribution in [0.3, 0.4) is 0 Å². The third-order valence-corrected chi connectivity index (χ3v) is 3.77.